The van der Waals surface area contributed by atoms with E-state index in [2.05, 4.69) is 5.32 Å². The summed E-state index contributed by atoms with van der Waals surface area (Å²) in [4.78, 5) is 72.1. The highest BCUT2D eigenvalue weighted by atomic mass is 32.2. The van der Waals surface area contributed by atoms with Crippen LogP contribution in [0.3, 0.4) is 0 Å². The van der Waals surface area contributed by atoms with Crippen molar-refractivity contribution in [1.29, 1.82) is 0 Å². The number of nitrogens with one attached hydrogen (secondary N) is 1. The monoisotopic (exact) mass is 751 g/mol. The number of methoxy groups -OCH3 is 2. The quantitative estimate of drug-likeness (QED) is 0.205. The fourth-order valence-corrected chi connectivity index (χ4v) is 9.50. The van der Waals surface area contributed by atoms with Gasteiger partial charge in [0, 0.05) is 30.7 Å². The predicted octanol–water partition coefficient (Wildman–Crippen LogP) is 6.48. The first-order valence-electron chi connectivity index (χ1n) is 19.2. The summed E-state index contributed by atoms with van der Waals surface area (Å²) < 4.78 is 24.4. The normalized spacial score (nSPS) is 23.2. The van der Waals surface area contributed by atoms with Crippen molar-refractivity contribution < 1.29 is 37.8 Å². The molecule has 1 N–H and O–H groups in total. The zero-order chi connectivity index (χ0) is 37.9. The van der Waals surface area contributed by atoms with Gasteiger partial charge in [-0.25, -0.2) is 9.18 Å². The van der Waals surface area contributed by atoms with E-state index in [1.54, 1.807) is 40.8 Å². The molecule has 0 radical (unpaired) electrons. The number of anilines is 1. The Bertz CT molecular complexity index is 1590. The smallest absolute Gasteiger partial charge is 0.328 e. The molecule has 288 valence electrons. The van der Waals surface area contributed by atoms with Crippen LogP contribution in [0.1, 0.15) is 89.5 Å². The van der Waals surface area contributed by atoms with E-state index < -0.39 is 35.8 Å². The highest BCUT2D eigenvalue weighted by Gasteiger charge is 2.44. The second-order valence-electron chi connectivity index (χ2n) is 14.5. The van der Waals surface area contributed by atoms with E-state index >= 15 is 0 Å². The molecule has 0 spiro atoms. The number of ketones is 1. The summed E-state index contributed by atoms with van der Waals surface area (Å²) in [5, 5.41) is 2.96. The molecule has 0 bridgehead atoms. The Morgan fingerprint density at radius 3 is 2.40 bits per heavy atom. The van der Waals surface area contributed by atoms with Gasteiger partial charge in [-0.3, -0.25) is 19.2 Å². The second kappa shape index (κ2) is 19.4. The molecular formula is C41H54FN3O7S. The Morgan fingerprint density at radius 1 is 0.906 bits per heavy atom. The number of halogens is 1. The Morgan fingerprint density at radius 2 is 1.66 bits per heavy atom. The van der Waals surface area contributed by atoms with Gasteiger partial charge in [0.15, 0.2) is 0 Å². The number of benzene rings is 2. The van der Waals surface area contributed by atoms with Crippen LogP contribution in [-0.4, -0.2) is 78.3 Å². The molecule has 3 fully saturated rings. The maximum atomic E-state index is 14.2. The molecule has 2 aromatic carbocycles. The van der Waals surface area contributed by atoms with Crippen LogP contribution in [0, 0.1) is 23.6 Å². The Kier molecular flexibility index (Phi) is 14.7. The van der Waals surface area contributed by atoms with E-state index in [0.29, 0.717) is 68.7 Å². The molecule has 12 heteroatoms. The number of fused-ring (bicyclic) bond motifs is 1. The predicted molar refractivity (Wildman–Crippen MR) is 203 cm³/mol. The van der Waals surface area contributed by atoms with Crippen LogP contribution in [0.4, 0.5) is 10.1 Å². The van der Waals surface area contributed by atoms with E-state index in [0.717, 1.165) is 37.7 Å². The van der Waals surface area contributed by atoms with Gasteiger partial charge in [-0.1, -0.05) is 37.6 Å². The van der Waals surface area contributed by atoms with Crippen molar-refractivity contribution in [3.8, 4) is 5.75 Å². The van der Waals surface area contributed by atoms with E-state index in [9.17, 15) is 28.4 Å². The molecule has 53 heavy (non-hydrogen) atoms. The lowest BCUT2D eigenvalue weighted by Gasteiger charge is -2.40. The van der Waals surface area contributed by atoms with E-state index in [-0.39, 0.29) is 41.1 Å². The zero-order valence-electron chi connectivity index (χ0n) is 31.2. The maximum Gasteiger partial charge on any atom is 0.328 e. The minimum atomic E-state index is -0.683. The number of esters is 1. The van der Waals surface area contributed by atoms with Gasteiger partial charge in [0.25, 0.3) is 0 Å². The zero-order valence-corrected chi connectivity index (χ0v) is 32.0. The number of amides is 3. The molecular weight excluding hydrogens is 698 g/mol. The molecule has 3 amide bonds. The van der Waals surface area contributed by atoms with Crippen LogP contribution in [0.25, 0.3) is 0 Å². The highest BCUT2D eigenvalue weighted by molar-refractivity contribution is 7.99. The first kappa shape index (κ1) is 40.3. The van der Waals surface area contributed by atoms with Crippen LogP contribution in [0.2, 0.25) is 0 Å². The fraction of sp³-hybridized carbons (Fsp3) is 0.585. The van der Waals surface area contributed by atoms with Gasteiger partial charge in [0.05, 0.1) is 25.3 Å². The minimum Gasteiger partial charge on any atom is -0.495 e. The number of rotatable bonds is 15. The van der Waals surface area contributed by atoms with Gasteiger partial charge in [-0.05, 0) is 106 Å². The molecule has 2 aromatic rings. The number of para-hydroxylation sites is 2. The van der Waals surface area contributed by atoms with Gasteiger partial charge < -0.3 is 24.6 Å². The molecule has 3 heterocycles. The molecule has 0 unspecified atom stereocenters. The van der Waals surface area contributed by atoms with Crippen LogP contribution in [-0.2, 0) is 35.1 Å². The van der Waals surface area contributed by atoms with Crippen LogP contribution < -0.4 is 15.0 Å². The summed E-state index contributed by atoms with van der Waals surface area (Å²) in [6.45, 7) is 2.54. The third-order valence-corrected chi connectivity index (χ3v) is 12.3. The number of hydrogen-bond donors (Lipinski definition) is 1. The van der Waals surface area contributed by atoms with Crippen LogP contribution in [0.5, 0.6) is 5.75 Å². The van der Waals surface area contributed by atoms with E-state index in [4.69, 9.17) is 9.47 Å². The Hall–Kier alpha value is -3.93. The molecule has 6 atom stereocenters. The number of carbonyl (C=O) groups is 5. The van der Waals surface area contributed by atoms with Gasteiger partial charge >= 0.3 is 5.97 Å². The molecule has 3 saturated heterocycles. The van der Waals surface area contributed by atoms with Gasteiger partial charge in [-0.2, -0.15) is 0 Å². The van der Waals surface area contributed by atoms with Crippen molar-refractivity contribution in [3.05, 3.63) is 59.9 Å². The van der Waals surface area contributed by atoms with Crippen molar-refractivity contribution in [2.75, 3.05) is 31.4 Å². The van der Waals surface area contributed by atoms with Gasteiger partial charge in [-0.15, -0.1) is 11.8 Å². The van der Waals surface area contributed by atoms with Gasteiger partial charge in [0.2, 0.25) is 17.7 Å². The summed E-state index contributed by atoms with van der Waals surface area (Å²) in [6, 6.07) is 12.1. The lowest BCUT2D eigenvalue weighted by Crippen LogP contribution is -2.53. The summed E-state index contributed by atoms with van der Waals surface area (Å²) in [6.07, 6.45) is 7.32. The molecule has 3 aliphatic heterocycles. The number of carbonyl (C=O) groups excluding carboxylic acids is 5. The maximum absolute atomic E-state index is 14.2. The Labute approximate surface area is 316 Å². The lowest BCUT2D eigenvalue weighted by molar-refractivity contribution is -0.157. The van der Waals surface area contributed by atoms with Crippen molar-refractivity contribution >= 4 is 46.9 Å². The molecule has 5 rings (SSSR count). The Balaban J connectivity index is 1.30. The van der Waals surface area contributed by atoms with E-state index in [1.807, 2.05) is 31.2 Å². The third kappa shape index (κ3) is 10.2. The minimum absolute atomic E-state index is 0.0301. The van der Waals surface area contributed by atoms with Crippen molar-refractivity contribution in [2.24, 2.45) is 17.8 Å². The van der Waals surface area contributed by atoms with Crippen LogP contribution in [0.15, 0.2) is 48.5 Å². The first-order valence-corrected chi connectivity index (χ1v) is 20.2. The third-order valence-electron chi connectivity index (χ3n) is 11.0. The van der Waals surface area contributed by atoms with Crippen molar-refractivity contribution in [1.82, 2.24) is 10.2 Å². The molecule has 3 aliphatic rings. The molecule has 0 aromatic heterocycles. The van der Waals surface area contributed by atoms with Crippen molar-refractivity contribution in [2.45, 2.75) is 108 Å². The lowest BCUT2D eigenvalue weighted by atomic mass is 9.82. The number of piperidine rings is 1. The second-order valence-corrected chi connectivity index (χ2v) is 15.8. The molecule has 0 saturated carbocycles. The average molecular weight is 752 g/mol. The molecule has 0 aliphatic carbocycles. The fourth-order valence-electron chi connectivity index (χ4n) is 8.07. The number of Topliss-reactive ketones (excluding diaryl/α,β-unsaturated/α-hetero) is 1. The largest absolute Gasteiger partial charge is 0.495 e. The number of thioether (sulfide) groups is 1. The standard InChI is InChI=1S/C41H54FN3O7S/c1-4-10-28(38(47)43-32-11-7-8-23-44(40(32)49)33-12-5-6-14-36(33)51-2)18-19-29(25-27-16-20-31(42)21-17-27)35(46)26-30-22-24-53-37-15-9-13-34(41(50)52-3)45(37)39(30)48/h5-6,12,14,16-17,20-21,28-30,32,34,37H,4,7-11,13,15,18-19,22-26H2,1-3H3,(H,43,47)/t28-,29+,30+,32-,34-,37-/m0/s1. The number of hydrogen-bond acceptors (Lipinski definition) is 8. The van der Waals surface area contributed by atoms with E-state index in [1.165, 1.54) is 19.2 Å². The topological polar surface area (TPSA) is 122 Å². The van der Waals surface area contributed by atoms with Gasteiger partial charge in [0.1, 0.15) is 29.4 Å². The summed E-state index contributed by atoms with van der Waals surface area (Å²) in [5.74, 6) is -1.64. The summed E-state index contributed by atoms with van der Waals surface area (Å²) >= 11 is 1.66. The first-order chi connectivity index (χ1) is 25.6. The number of nitrogens with zero attached hydrogens (tertiary/aromatic N) is 2. The number of ether oxygens (including phenoxy) is 2. The summed E-state index contributed by atoms with van der Waals surface area (Å²) in [5.41, 5.74) is 1.47. The van der Waals surface area contributed by atoms with Crippen molar-refractivity contribution in [3.63, 3.8) is 0 Å². The molecule has 10 nitrogen and oxygen atoms in total. The SMILES string of the molecule is CCC[C@@H](CC[C@H](Cc1ccc(F)cc1)C(=O)C[C@H]1CCS[C@H]2CCC[C@@H](C(=O)OC)N2C1=O)C(=O)N[C@H]1CCCCN(c2ccccc2OC)C1=O. The summed E-state index contributed by atoms with van der Waals surface area (Å²) in [7, 11) is 2.90. The average Bonchev–Trinajstić information content (AvgIpc) is 3.45. The highest BCUT2D eigenvalue weighted by Crippen LogP contribution is 2.38. The van der Waals surface area contributed by atoms with Crippen LogP contribution >= 0.6 is 11.8 Å².